The van der Waals surface area contributed by atoms with E-state index in [-0.39, 0.29) is 6.54 Å². The number of rotatable bonds is 7. The van der Waals surface area contributed by atoms with Crippen LogP contribution < -0.4 is 14.8 Å². The van der Waals surface area contributed by atoms with Crippen molar-refractivity contribution >= 4 is 17.9 Å². The number of carbonyl (C=O) groups is 3. The maximum Gasteiger partial charge on any atom is 0.418 e. The number of hydrogen-bond acceptors (Lipinski definition) is 6. The number of cyclic esters (lactones) is 1. The van der Waals surface area contributed by atoms with Gasteiger partial charge < -0.3 is 19.5 Å². The molecule has 1 N–H and O–H groups in total. The number of nitrogens with one attached hydrogen (secondary N) is 1. The van der Waals surface area contributed by atoms with Gasteiger partial charge in [0.2, 0.25) is 0 Å². The second-order valence-electron chi connectivity index (χ2n) is 6.50. The Bertz CT molecular complexity index is 892. The molecule has 3 amide bonds. The zero-order valence-corrected chi connectivity index (χ0v) is 16.4. The molecule has 1 fully saturated rings. The monoisotopic (exact) mass is 398 g/mol. The zero-order chi connectivity index (χ0) is 21.0. The molecule has 0 radical (unpaired) electrons. The van der Waals surface area contributed by atoms with Crippen molar-refractivity contribution in [2.45, 2.75) is 25.6 Å². The first-order valence-electron chi connectivity index (χ1n) is 9.03. The number of benzene rings is 2. The highest BCUT2D eigenvalue weighted by atomic mass is 16.6. The summed E-state index contributed by atoms with van der Waals surface area (Å²) >= 11 is 0. The summed E-state index contributed by atoms with van der Waals surface area (Å²) in [5, 5.41) is 2.62. The van der Waals surface area contributed by atoms with Crippen LogP contribution in [0.2, 0.25) is 0 Å². The quantitative estimate of drug-likeness (QED) is 0.720. The van der Waals surface area contributed by atoms with Crippen LogP contribution in [0.5, 0.6) is 11.5 Å². The molecular weight excluding hydrogens is 376 g/mol. The molecule has 0 spiro atoms. The molecule has 29 heavy (non-hydrogen) atoms. The fourth-order valence-corrected chi connectivity index (χ4v) is 3.07. The number of carbonyl (C=O) groups excluding carboxylic acids is 3. The Morgan fingerprint density at radius 1 is 1.10 bits per heavy atom. The minimum atomic E-state index is -1.51. The van der Waals surface area contributed by atoms with E-state index in [0.29, 0.717) is 17.1 Å². The van der Waals surface area contributed by atoms with E-state index < -0.39 is 30.1 Å². The van der Waals surface area contributed by atoms with Crippen molar-refractivity contribution in [3.8, 4) is 11.5 Å². The van der Waals surface area contributed by atoms with E-state index in [4.69, 9.17) is 14.2 Å². The maximum atomic E-state index is 12.7. The van der Waals surface area contributed by atoms with Crippen LogP contribution in [0.4, 0.5) is 4.79 Å². The summed E-state index contributed by atoms with van der Waals surface area (Å²) in [6, 6.07) is 13.7. The van der Waals surface area contributed by atoms with Crippen molar-refractivity contribution in [3.05, 3.63) is 59.7 Å². The zero-order valence-electron chi connectivity index (χ0n) is 16.4. The molecule has 0 saturated carbocycles. The Morgan fingerprint density at radius 3 is 2.31 bits per heavy atom. The average molecular weight is 398 g/mol. The molecule has 1 heterocycles. The van der Waals surface area contributed by atoms with E-state index in [0.717, 1.165) is 10.5 Å². The molecule has 1 saturated heterocycles. The molecular formula is C21H22N2O6. The van der Waals surface area contributed by atoms with Crippen LogP contribution in [0.25, 0.3) is 0 Å². The Balaban J connectivity index is 1.68. The first-order chi connectivity index (χ1) is 13.9. The molecule has 0 bridgehead atoms. The predicted octanol–water partition coefficient (Wildman–Crippen LogP) is 2.43. The third-order valence-corrected chi connectivity index (χ3v) is 4.66. The van der Waals surface area contributed by atoms with Gasteiger partial charge in [0.1, 0.15) is 11.5 Å². The first-order valence-corrected chi connectivity index (χ1v) is 9.03. The van der Waals surface area contributed by atoms with Crippen LogP contribution in [0.15, 0.2) is 48.5 Å². The molecule has 152 valence electrons. The van der Waals surface area contributed by atoms with E-state index >= 15 is 0 Å². The Kier molecular flexibility index (Phi) is 6.01. The second-order valence-corrected chi connectivity index (χ2v) is 6.50. The van der Waals surface area contributed by atoms with Crippen molar-refractivity contribution < 1.29 is 28.6 Å². The molecule has 3 rings (SSSR count). The van der Waals surface area contributed by atoms with E-state index in [9.17, 15) is 14.4 Å². The molecule has 0 aliphatic carbocycles. The molecule has 0 aromatic heterocycles. The number of amides is 3. The molecule has 1 aliphatic heterocycles. The van der Waals surface area contributed by atoms with Gasteiger partial charge in [-0.1, -0.05) is 30.3 Å². The molecule has 2 unspecified atom stereocenters. The first kappa shape index (κ1) is 20.2. The van der Waals surface area contributed by atoms with Crippen LogP contribution in [0, 0.1) is 0 Å². The lowest BCUT2D eigenvalue weighted by Crippen LogP contribution is -2.41. The number of hydrogen-bond donors (Lipinski definition) is 1. The third-order valence-electron chi connectivity index (χ3n) is 4.66. The van der Waals surface area contributed by atoms with Crippen molar-refractivity contribution in [1.29, 1.82) is 0 Å². The summed E-state index contributed by atoms with van der Waals surface area (Å²) in [6.45, 7) is 1.82. The summed E-state index contributed by atoms with van der Waals surface area (Å²) < 4.78 is 15.4. The van der Waals surface area contributed by atoms with E-state index in [1.807, 2.05) is 18.2 Å². The minimum absolute atomic E-state index is 0.113. The number of ether oxygens (including phenoxy) is 3. The van der Waals surface area contributed by atoms with Crippen molar-refractivity contribution in [3.63, 3.8) is 0 Å². The van der Waals surface area contributed by atoms with Crippen LogP contribution in [-0.4, -0.2) is 43.1 Å². The molecule has 2 atom stereocenters. The van der Waals surface area contributed by atoms with Crippen molar-refractivity contribution in [2.75, 3.05) is 14.2 Å². The van der Waals surface area contributed by atoms with Gasteiger partial charge in [-0.3, -0.25) is 9.59 Å². The summed E-state index contributed by atoms with van der Waals surface area (Å²) in [6.07, 6.45) is -2.35. The largest absolute Gasteiger partial charge is 0.497 e. The molecule has 8 nitrogen and oxygen atoms in total. The van der Waals surface area contributed by atoms with Crippen molar-refractivity contribution in [2.24, 2.45) is 0 Å². The summed E-state index contributed by atoms with van der Waals surface area (Å²) in [5.41, 5.74) is 1.48. The number of methoxy groups -OCH3 is 2. The summed E-state index contributed by atoms with van der Waals surface area (Å²) in [4.78, 5) is 38.3. The standard InChI is InChI=1S/C21H22N2O6/c1-13(15-7-5-4-6-8-15)23-20(25)18(29-21(23)26)19(24)22-12-14-9-16(27-2)11-17(10-14)28-3/h4-11,13,18H,12H2,1-3H3,(H,22,24). The van der Waals surface area contributed by atoms with E-state index in [1.54, 1.807) is 37.3 Å². The van der Waals surface area contributed by atoms with Gasteiger partial charge in [0.05, 0.1) is 20.3 Å². The molecule has 1 aliphatic rings. The van der Waals surface area contributed by atoms with Gasteiger partial charge in [-0.2, -0.15) is 0 Å². The van der Waals surface area contributed by atoms with Gasteiger partial charge in [0, 0.05) is 12.6 Å². The van der Waals surface area contributed by atoms with Crippen LogP contribution in [0.1, 0.15) is 24.1 Å². The number of imide groups is 1. The van der Waals surface area contributed by atoms with Gasteiger partial charge in [-0.05, 0) is 30.2 Å². The number of nitrogens with zero attached hydrogens (tertiary/aromatic N) is 1. The fourth-order valence-electron chi connectivity index (χ4n) is 3.07. The maximum absolute atomic E-state index is 12.7. The summed E-state index contributed by atoms with van der Waals surface area (Å²) in [7, 11) is 3.05. The highest BCUT2D eigenvalue weighted by molar-refractivity contribution is 6.12. The van der Waals surface area contributed by atoms with Gasteiger partial charge in [0.25, 0.3) is 17.9 Å². The van der Waals surface area contributed by atoms with Gasteiger partial charge in [-0.15, -0.1) is 0 Å². The molecule has 2 aromatic carbocycles. The van der Waals surface area contributed by atoms with E-state index in [2.05, 4.69) is 5.32 Å². The second kappa shape index (κ2) is 8.64. The van der Waals surface area contributed by atoms with Crippen LogP contribution >= 0.6 is 0 Å². The third kappa shape index (κ3) is 4.31. The smallest absolute Gasteiger partial charge is 0.418 e. The average Bonchev–Trinajstić information content (AvgIpc) is 3.05. The topological polar surface area (TPSA) is 94.2 Å². The lowest BCUT2D eigenvalue weighted by molar-refractivity contribution is -0.139. The SMILES string of the molecule is COc1cc(CNC(=O)C2OC(=O)N(C(C)c3ccccc3)C2=O)cc(OC)c1. The van der Waals surface area contributed by atoms with Gasteiger partial charge in [0.15, 0.2) is 0 Å². The highest BCUT2D eigenvalue weighted by Crippen LogP contribution is 2.27. The van der Waals surface area contributed by atoms with Gasteiger partial charge >= 0.3 is 6.09 Å². The van der Waals surface area contributed by atoms with Gasteiger partial charge in [-0.25, -0.2) is 9.69 Å². The molecule has 2 aromatic rings. The predicted molar refractivity (Wildman–Crippen MR) is 103 cm³/mol. The fraction of sp³-hybridized carbons (Fsp3) is 0.286. The van der Waals surface area contributed by atoms with E-state index in [1.165, 1.54) is 14.2 Å². The minimum Gasteiger partial charge on any atom is -0.497 e. The van der Waals surface area contributed by atoms with Crippen LogP contribution in [-0.2, 0) is 20.9 Å². The normalized spacial score (nSPS) is 16.9. The lowest BCUT2D eigenvalue weighted by Gasteiger charge is -2.20. The Morgan fingerprint density at radius 2 is 1.72 bits per heavy atom. The van der Waals surface area contributed by atoms with Crippen LogP contribution in [0.3, 0.4) is 0 Å². The lowest BCUT2D eigenvalue weighted by atomic mass is 10.1. The molecule has 8 heteroatoms. The Hall–Kier alpha value is -3.55. The van der Waals surface area contributed by atoms with Crippen molar-refractivity contribution in [1.82, 2.24) is 10.2 Å². The highest BCUT2D eigenvalue weighted by Gasteiger charge is 2.47. The summed E-state index contributed by atoms with van der Waals surface area (Å²) in [5.74, 6) is -0.236. The Labute approximate surface area is 168 Å².